The van der Waals surface area contributed by atoms with Crippen LogP contribution in [0.5, 0.6) is 0 Å². The van der Waals surface area contributed by atoms with Crippen LogP contribution in [-0.4, -0.2) is 26.3 Å². The van der Waals surface area contributed by atoms with Crippen LogP contribution in [0.3, 0.4) is 0 Å². The molecular formula is C10H11FN2O2S. The van der Waals surface area contributed by atoms with Crippen molar-refractivity contribution < 1.29 is 12.8 Å². The molecule has 0 spiro atoms. The van der Waals surface area contributed by atoms with Gasteiger partial charge in [-0.3, -0.25) is 0 Å². The number of benzene rings is 1. The SMILES string of the molecule is CN(CCC#N)S(=O)(=O)c1ccccc1F. The first-order valence-corrected chi connectivity index (χ1v) is 6.02. The maximum Gasteiger partial charge on any atom is 0.245 e. The highest BCUT2D eigenvalue weighted by Crippen LogP contribution is 2.17. The minimum Gasteiger partial charge on any atom is -0.207 e. The Kier molecular flexibility index (Phi) is 3.99. The van der Waals surface area contributed by atoms with Crippen LogP contribution in [0.25, 0.3) is 0 Å². The molecule has 0 unspecified atom stereocenters. The van der Waals surface area contributed by atoms with Crippen molar-refractivity contribution in [3.8, 4) is 6.07 Å². The van der Waals surface area contributed by atoms with Gasteiger partial charge in [0, 0.05) is 20.0 Å². The first-order chi connectivity index (χ1) is 7.50. The summed E-state index contributed by atoms with van der Waals surface area (Å²) in [5, 5.41) is 8.36. The second kappa shape index (κ2) is 5.05. The summed E-state index contributed by atoms with van der Waals surface area (Å²) in [5.41, 5.74) is 0. The predicted octanol–water partition coefficient (Wildman–Crippen LogP) is 1.36. The molecule has 16 heavy (non-hydrogen) atoms. The van der Waals surface area contributed by atoms with E-state index >= 15 is 0 Å². The van der Waals surface area contributed by atoms with Gasteiger partial charge in [-0.1, -0.05) is 12.1 Å². The van der Waals surface area contributed by atoms with Crippen molar-refractivity contribution in [2.45, 2.75) is 11.3 Å². The van der Waals surface area contributed by atoms with E-state index in [1.54, 1.807) is 0 Å². The zero-order chi connectivity index (χ0) is 12.2. The van der Waals surface area contributed by atoms with Gasteiger partial charge >= 0.3 is 0 Å². The maximum absolute atomic E-state index is 13.3. The Balaban J connectivity index is 3.04. The highest BCUT2D eigenvalue weighted by molar-refractivity contribution is 7.89. The Morgan fingerprint density at radius 3 is 2.62 bits per heavy atom. The van der Waals surface area contributed by atoms with Crippen LogP contribution in [0, 0.1) is 17.1 Å². The smallest absolute Gasteiger partial charge is 0.207 e. The summed E-state index contributed by atoms with van der Waals surface area (Å²) in [5.74, 6) is -0.786. The van der Waals surface area contributed by atoms with Crippen LogP contribution < -0.4 is 0 Å². The lowest BCUT2D eigenvalue weighted by atomic mass is 10.4. The van der Waals surface area contributed by atoms with Crippen LogP contribution in [0.15, 0.2) is 29.2 Å². The van der Waals surface area contributed by atoms with Crippen LogP contribution in [0.4, 0.5) is 4.39 Å². The Labute approximate surface area is 94.0 Å². The van der Waals surface area contributed by atoms with Crippen molar-refractivity contribution in [3.63, 3.8) is 0 Å². The molecule has 0 bridgehead atoms. The molecule has 0 atom stereocenters. The fourth-order valence-electron chi connectivity index (χ4n) is 1.15. The molecule has 86 valence electrons. The van der Waals surface area contributed by atoms with E-state index in [1.807, 2.05) is 6.07 Å². The monoisotopic (exact) mass is 242 g/mol. The van der Waals surface area contributed by atoms with E-state index in [2.05, 4.69) is 0 Å². The summed E-state index contributed by atoms with van der Waals surface area (Å²) in [7, 11) is -2.52. The second-order valence-electron chi connectivity index (χ2n) is 3.17. The second-order valence-corrected chi connectivity index (χ2v) is 5.18. The third kappa shape index (κ3) is 2.56. The number of halogens is 1. The summed E-state index contributed by atoms with van der Waals surface area (Å²) in [4.78, 5) is -0.365. The van der Waals surface area contributed by atoms with E-state index in [-0.39, 0.29) is 17.9 Å². The van der Waals surface area contributed by atoms with Gasteiger partial charge in [0.05, 0.1) is 6.07 Å². The molecule has 1 rings (SSSR count). The third-order valence-corrected chi connectivity index (χ3v) is 3.95. The molecule has 0 N–H and O–H groups in total. The van der Waals surface area contributed by atoms with Gasteiger partial charge in [0.1, 0.15) is 10.7 Å². The van der Waals surface area contributed by atoms with E-state index in [0.717, 1.165) is 10.4 Å². The lowest BCUT2D eigenvalue weighted by molar-refractivity contribution is 0.469. The van der Waals surface area contributed by atoms with Crippen molar-refractivity contribution in [1.29, 1.82) is 5.26 Å². The number of sulfonamides is 1. The summed E-state index contributed by atoms with van der Waals surface area (Å²) < 4.78 is 37.9. The summed E-state index contributed by atoms with van der Waals surface area (Å²) in [6, 6.07) is 7.00. The van der Waals surface area contributed by atoms with Crippen molar-refractivity contribution in [2.75, 3.05) is 13.6 Å². The normalized spacial score (nSPS) is 11.4. The molecule has 0 radical (unpaired) electrons. The van der Waals surface area contributed by atoms with E-state index in [0.29, 0.717) is 0 Å². The number of rotatable bonds is 4. The quantitative estimate of drug-likeness (QED) is 0.801. The first kappa shape index (κ1) is 12.6. The maximum atomic E-state index is 13.3. The minimum absolute atomic E-state index is 0.0488. The van der Waals surface area contributed by atoms with E-state index in [4.69, 9.17) is 5.26 Å². The fourth-order valence-corrected chi connectivity index (χ4v) is 2.38. The molecule has 0 aromatic heterocycles. The molecule has 6 heteroatoms. The van der Waals surface area contributed by atoms with Gasteiger partial charge < -0.3 is 0 Å². The molecular weight excluding hydrogens is 231 g/mol. The zero-order valence-electron chi connectivity index (χ0n) is 8.72. The molecule has 1 aromatic carbocycles. The van der Waals surface area contributed by atoms with Gasteiger partial charge in [0.15, 0.2) is 0 Å². The molecule has 0 heterocycles. The molecule has 4 nitrogen and oxygen atoms in total. The van der Waals surface area contributed by atoms with Gasteiger partial charge in [0.25, 0.3) is 0 Å². The molecule has 0 fully saturated rings. The molecule has 1 aromatic rings. The highest BCUT2D eigenvalue weighted by atomic mass is 32.2. The average molecular weight is 242 g/mol. The third-order valence-electron chi connectivity index (χ3n) is 2.06. The van der Waals surface area contributed by atoms with E-state index in [1.165, 1.54) is 25.2 Å². The summed E-state index contributed by atoms with van der Waals surface area (Å²) in [6.45, 7) is 0.0488. The Hall–Kier alpha value is -1.45. The predicted molar refractivity (Wildman–Crippen MR) is 56.4 cm³/mol. The van der Waals surface area contributed by atoms with E-state index < -0.39 is 15.8 Å². The molecule has 0 amide bonds. The van der Waals surface area contributed by atoms with Gasteiger partial charge in [0.2, 0.25) is 10.0 Å². The van der Waals surface area contributed by atoms with Crippen molar-refractivity contribution >= 4 is 10.0 Å². The number of hydrogen-bond donors (Lipinski definition) is 0. The van der Waals surface area contributed by atoms with Crippen LogP contribution in [0.2, 0.25) is 0 Å². The largest absolute Gasteiger partial charge is 0.245 e. The average Bonchev–Trinajstić information content (AvgIpc) is 2.26. The molecule has 0 aliphatic rings. The molecule has 0 aliphatic heterocycles. The Morgan fingerprint density at radius 1 is 1.44 bits per heavy atom. The minimum atomic E-state index is -3.83. The lowest BCUT2D eigenvalue weighted by Crippen LogP contribution is -2.28. The van der Waals surface area contributed by atoms with Crippen molar-refractivity contribution in [2.24, 2.45) is 0 Å². The van der Waals surface area contributed by atoms with Crippen LogP contribution in [-0.2, 0) is 10.0 Å². The summed E-state index contributed by atoms with van der Waals surface area (Å²) in [6.07, 6.45) is 0.0736. The van der Waals surface area contributed by atoms with Gasteiger partial charge in [-0.2, -0.15) is 9.57 Å². The zero-order valence-corrected chi connectivity index (χ0v) is 9.54. The van der Waals surface area contributed by atoms with E-state index in [9.17, 15) is 12.8 Å². The van der Waals surface area contributed by atoms with Gasteiger partial charge in [-0.05, 0) is 12.1 Å². The molecule has 0 saturated carbocycles. The van der Waals surface area contributed by atoms with Crippen molar-refractivity contribution in [3.05, 3.63) is 30.1 Å². The topological polar surface area (TPSA) is 61.2 Å². The van der Waals surface area contributed by atoms with Crippen LogP contribution in [0.1, 0.15) is 6.42 Å². The first-order valence-electron chi connectivity index (χ1n) is 4.58. The van der Waals surface area contributed by atoms with Crippen LogP contribution >= 0.6 is 0 Å². The molecule has 0 aliphatic carbocycles. The standard InChI is InChI=1S/C10H11FN2O2S/c1-13(8-4-7-12)16(14,15)10-6-3-2-5-9(10)11/h2-3,5-6H,4,8H2,1H3. The van der Waals surface area contributed by atoms with Crippen molar-refractivity contribution in [1.82, 2.24) is 4.31 Å². The molecule has 0 saturated heterocycles. The Morgan fingerprint density at radius 2 is 2.06 bits per heavy atom. The lowest BCUT2D eigenvalue weighted by Gasteiger charge is -2.15. The summed E-state index contributed by atoms with van der Waals surface area (Å²) >= 11 is 0. The fraction of sp³-hybridized carbons (Fsp3) is 0.300. The number of hydrogen-bond acceptors (Lipinski definition) is 3. The Bertz CT molecular complexity index is 508. The van der Waals surface area contributed by atoms with Gasteiger partial charge in [-0.25, -0.2) is 12.8 Å². The highest BCUT2D eigenvalue weighted by Gasteiger charge is 2.23. The van der Waals surface area contributed by atoms with Gasteiger partial charge in [-0.15, -0.1) is 0 Å². The number of nitriles is 1. The number of nitrogens with zero attached hydrogens (tertiary/aromatic N) is 2.